The van der Waals surface area contributed by atoms with Crippen molar-refractivity contribution in [1.29, 1.82) is 0 Å². The molecule has 0 radical (unpaired) electrons. The predicted octanol–water partition coefficient (Wildman–Crippen LogP) is 2.25. The summed E-state index contributed by atoms with van der Waals surface area (Å²) in [5, 5.41) is 5.29. The van der Waals surface area contributed by atoms with Gasteiger partial charge in [-0.25, -0.2) is 4.79 Å². The average molecular weight is 318 g/mol. The summed E-state index contributed by atoms with van der Waals surface area (Å²) in [5.74, 6) is -1.86. The zero-order chi connectivity index (χ0) is 16.7. The van der Waals surface area contributed by atoms with Gasteiger partial charge in [0.25, 0.3) is 0 Å². The van der Waals surface area contributed by atoms with E-state index >= 15 is 0 Å². The van der Waals surface area contributed by atoms with E-state index in [4.69, 9.17) is 0 Å². The van der Waals surface area contributed by atoms with Gasteiger partial charge in [-0.15, -0.1) is 0 Å². The van der Waals surface area contributed by atoms with Gasteiger partial charge in [-0.05, 0) is 31.0 Å². The fraction of sp³-hybridized carbons (Fsp3) is 0.471. The van der Waals surface area contributed by atoms with Gasteiger partial charge >= 0.3 is 17.8 Å². The fourth-order valence-electron chi connectivity index (χ4n) is 2.70. The zero-order valence-electron chi connectivity index (χ0n) is 13.3. The van der Waals surface area contributed by atoms with Crippen molar-refractivity contribution in [3.05, 3.63) is 29.8 Å². The van der Waals surface area contributed by atoms with Gasteiger partial charge in [-0.1, -0.05) is 31.7 Å². The molecule has 124 valence electrons. The van der Waals surface area contributed by atoms with Crippen LogP contribution in [0.5, 0.6) is 0 Å². The maximum absolute atomic E-state index is 12.0. The Morgan fingerprint density at radius 2 is 1.74 bits per heavy atom. The van der Waals surface area contributed by atoms with E-state index in [0.29, 0.717) is 11.3 Å². The number of carbonyl (C=O) groups excluding carboxylic acids is 3. The van der Waals surface area contributed by atoms with Gasteiger partial charge < -0.3 is 15.4 Å². The topological polar surface area (TPSA) is 84.5 Å². The third-order valence-corrected chi connectivity index (χ3v) is 3.94. The van der Waals surface area contributed by atoms with Crippen LogP contribution in [0.2, 0.25) is 0 Å². The molecular formula is C17H22N2O4. The maximum atomic E-state index is 12.0. The summed E-state index contributed by atoms with van der Waals surface area (Å²) >= 11 is 0. The number of benzene rings is 1. The number of carbonyl (C=O) groups is 3. The Bertz CT molecular complexity index is 578. The SMILES string of the molecule is COC(=O)c1cccc(NC(=O)C(=O)NC2CCCCCC2)c1. The second-order valence-electron chi connectivity index (χ2n) is 5.69. The Morgan fingerprint density at radius 1 is 1.04 bits per heavy atom. The highest BCUT2D eigenvalue weighted by Gasteiger charge is 2.20. The van der Waals surface area contributed by atoms with E-state index < -0.39 is 17.8 Å². The van der Waals surface area contributed by atoms with E-state index in [1.54, 1.807) is 18.2 Å². The molecule has 2 rings (SSSR count). The van der Waals surface area contributed by atoms with Crippen molar-refractivity contribution >= 4 is 23.5 Å². The van der Waals surface area contributed by atoms with Crippen LogP contribution in [0.4, 0.5) is 5.69 Å². The molecule has 2 amide bonds. The van der Waals surface area contributed by atoms with Crippen molar-refractivity contribution in [3.63, 3.8) is 0 Å². The standard InChI is InChI=1S/C17H22N2O4/c1-23-17(22)12-7-6-10-14(11-12)19-16(21)15(20)18-13-8-4-2-3-5-9-13/h6-7,10-11,13H,2-5,8-9H2,1H3,(H,18,20)(H,19,21). The Balaban J connectivity index is 1.92. The van der Waals surface area contributed by atoms with Crippen molar-refractivity contribution in [2.24, 2.45) is 0 Å². The molecule has 0 bridgehead atoms. The highest BCUT2D eigenvalue weighted by Crippen LogP contribution is 2.17. The highest BCUT2D eigenvalue weighted by atomic mass is 16.5. The number of methoxy groups -OCH3 is 1. The molecule has 2 N–H and O–H groups in total. The van der Waals surface area contributed by atoms with Crippen LogP contribution in [0.15, 0.2) is 24.3 Å². The maximum Gasteiger partial charge on any atom is 0.337 e. The largest absolute Gasteiger partial charge is 0.465 e. The molecule has 1 fully saturated rings. The van der Waals surface area contributed by atoms with E-state index in [1.807, 2.05) is 0 Å². The van der Waals surface area contributed by atoms with E-state index in [1.165, 1.54) is 26.0 Å². The Labute approximate surface area is 135 Å². The summed E-state index contributed by atoms with van der Waals surface area (Å²) in [6.45, 7) is 0. The van der Waals surface area contributed by atoms with E-state index in [9.17, 15) is 14.4 Å². The number of ether oxygens (including phenoxy) is 1. The fourth-order valence-corrected chi connectivity index (χ4v) is 2.70. The number of hydrogen-bond donors (Lipinski definition) is 2. The molecule has 0 aliphatic heterocycles. The third kappa shape index (κ3) is 5.09. The molecule has 1 saturated carbocycles. The lowest BCUT2D eigenvalue weighted by molar-refractivity contribution is -0.136. The minimum Gasteiger partial charge on any atom is -0.465 e. The average Bonchev–Trinajstić information content (AvgIpc) is 2.83. The van der Waals surface area contributed by atoms with Gasteiger partial charge in [-0.2, -0.15) is 0 Å². The van der Waals surface area contributed by atoms with Gasteiger partial charge in [0, 0.05) is 11.7 Å². The van der Waals surface area contributed by atoms with E-state index in [-0.39, 0.29) is 6.04 Å². The van der Waals surface area contributed by atoms with Crippen molar-refractivity contribution in [2.75, 3.05) is 12.4 Å². The molecule has 0 unspecified atom stereocenters. The summed E-state index contributed by atoms with van der Waals surface area (Å²) in [6.07, 6.45) is 6.34. The lowest BCUT2D eigenvalue weighted by atomic mass is 10.1. The van der Waals surface area contributed by atoms with Gasteiger partial charge in [0.15, 0.2) is 0 Å². The molecule has 6 nitrogen and oxygen atoms in total. The molecule has 1 aliphatic rings. The molecule has 6 heteroatoms. The number of amides is 2. The summed E-state index contributed by atoms with van der Waals surface area (Å²) in [6, 6.07) is 6.35. The van der Waals surface area contributed by atoms with Gasteiger partial charge in [0.05, 0.1) is 12.7 Å². The first-order chi connectivity index (χ1) is 11.1. The van der Waals surface area contributed by atoms with Gasteiger partial charge in [-0.3, -0.25) is 9.59 Å². The molecule has 0 atom stereocenters. The Hall–Kier alpha value is -2.37. The molecule has 0 spiro atoms. The summed E-state index contributed by atoms with van der Waals surface area (Å²) < 4.78 is 4.63. The number of rotatable bonds is 3. The quantitative estimate of drug-likeness (QED) is 0.508. The first-order valence-electron chi connectivity index (χ1n) is 7.90. The van der Waals surface area contributed by atoms with Crippen LogP contribution in [0, 0.1) is 0 Å². The first kappa shape index (κ1) is 17.0. The van der Waals surface area contributed by atoms with Crippen molar-refractivity contribution in [1.82, 2.24) is 5.32 Å². The third-order valence-electron chi connectivity index (χ3n) is 3.94. The number of hydrogen-bond acceptors (Lipinski definition) is 4. The summed E-state index contributed by atoms with van der Waals surface area (Å²) in [7, 11) is 1.29. The molecule has 0 aromatic heterocycles. The highest BCUT2D eigenvalue weighted by molar-refractivity contribution is 6.39. The van der Waals surface area contributed by atoms with Crippen LogP contribution in [0.1, 0.15) is 48.9 Å². The minimum atomic E-state index is -0.726. The van der Waals surface area contributed by atoms with Crippen molar-refractivity contribution in [3.8, 4) is 0 Å². The Kier molecular flexibility index (Phi) is 6.14. The molecule has 1 aliphatic carbocycles. The second-order valence-corrected chi connectivity index (χ2v) is 5.69. The van der Waals surface area contributed by atoms with Crippen LogP contribution in [-0.4, -0.2) is 30.9 Å². The number of esters is 1. The molecular weight excluding hydrogens is 296 g/mol. The lowest BCUT2D eigenvalue weighted by Gasteiger charge is -2.15. The lowest BCUT2D eigenvalue weighted by Crippen LogP contribution is -2.41. The number of nitrogens with one attached hydrogen (secondary N) is 2. The van der Waals surface area contributed by atoms with E-state index in [2.05, 4.69) is 15.4 Å². The predicted molar refractivity (Wildman–Crippen MR) is 86.0 cm³/mol. The number of anilines is 1. The summed E-state index contributed by atoms with van der Waals surface area (Å²) in [5.41, 5.74) is 0.698. The molecule has 23 heavy (non-hydrogen) atoms. The van der Waals surface area contributed by atoms with Gasteiger partial charge in [0.2, 0.25) is 0 Å². The molecule has 0 saturated heterocycles. The molecule has 1 aromatic carbocycles. The van der Waals surface area contributed by atoms with Crippen LogP contribution in [0.3, 0.4) is 0 Å². The van der Waals surface area contributed by atoms with Gasteiger partial charge in [0.1, 0.15) is 0 Å². The van der Waals surface area contributed by atoms with Crippen molar-refractivity contribution in [2.45, 2.75) is 44.6 Å². The monoisotopic (exact) mass is 318 g/mol. The zero-order valence-corrected chi connectivity index (χ0v) is 13.3. The first-order valence-corrected chi connectivity index (χ1v) is 7.90. The van der Waals surface area contributed by atoms with Crippen LogP contribution in [0.25, 0.3) is 0 Å². The second kappa shape index (κ2) is 8.31. The Morgan fingerprint density at radius 3 is 2.39 bits per heavy atom. The summed E-state index contributed by atoms with van der Waals surface area (Å²) in [4.78, 5) is 35.4. The van der Waals surface area contributed by atoms with Crippen LogP contribution >= 0.6 is 0 Å². The van der Waals surface area contributed by atoms with Crippen LogP contribution in [-0.2, 0) is 14.3 Å². The van der Waals surface area contributed by atoms with E-state index in [0.717, 1.165) is 25.7 Å². The normalized spacial score (nSPS) is 15.3. The minimum absolute atomic E-state index is 0.0668. The molecule has 0 heterocycles. The smallest absolute Gasteiger partial charge is 0.337 e. The molecule has 1 aromatic rings. The van der Waals surface area contributed by atoms with Crippen molar-refractivity contribution < 1.29 is 19.1 Å². The van der Waals surface area contributed by atoms with Crippen LogP contribution < -0.4 is 10.6 Å².